The van der Waals surface area contributed by atoms with Crippen LogP contribution in [0.25, 0.3) is 0 Å². The minimum absolute atomic E-state index is 0. The van der Waals surface area contributed by atoms with Gasteiger partial charge in [0.25, 0.3) is 0 Å². The zero-order valence-electron chi connectivity index (χ0n) is 32.7. The average molecular weight is 974 g/mol. The first-order valence-corrected chi connectivity index (χ1v) is 20.7. The molecule has 8 heteroatoms. The topological polar surface area (TPSA) is 80.9 Å². The smallest absolute Gasteiger partial charge is 0.148 e. The van der Waals surface area contributed by atoms with Crippen molar-refractivity contribution in [2.75, 3.05) is 0 Å². The van der Waals surface area contributed by atoms with Crippen LogP contribution in [0.1, 0.15) is 38.8 Å². The molecule has 56 heavy (non-hydrogen) atoms. The van der Waals surface area contributed by atoms with E-state index in [-0.39, 0.29) is 40.8 Å². The van der Waals surface area contributed by atoms with Crippen LogP contribution >= 0.6 is 15.8 Å². The standard InChI is InChI=1S/2C19H16P.2C3H6.2C2H6O2.2Pd/c2*1-16-10-8-9-15-19(16)20(17-11-4-2-5-12-17)18-13-6-3-7-14-18;2*1-3-2;2*1-2(3)4;;/h2*2-15H,1H2;2*3H,1H2,2H3;2*2-4H,1H3;;/q2*-1;;;;;;/p+2. The van der Waals surface area contributed by atoms with Gasteiger partial charge >= 0.3 is 0 Å². The van der Waals surface area contributed by atoms with Crippen LogP contribution in [0, 0.1) is 13.8 Å². The van der Waals surface area contributed by atoms with Crippen molar-refractivity contribution in [2.45, 2.75) is 40.3 Å². The summed E-state index contributed by atoms with van der Waals surface area (Å²) >= 11 is 0. The molecule has 0 unspecified atom stereocenters. The molecule has 0 aromatic heterocycles. The maximum atomic E-state index is 7.61. The summed E-state index contributed by atoms with van der Waals surface area (Å²) in [5.74, 6) is 0. The summed E-state index contributed by atoms with van der Waals surface area (Å²) in [5.41, 5.74) is 2.27. The Morgan fingerprint density at radius 1 is 0.411 bits per heavy atom. The molecule has 0 spiro atoms. The van der Waals surface area contributed by atoms with Gasteiger partial charge in [-0.3, -0.25) is 0 Å². The Balaban J connectivity index is 0. The van der Waals surface area contributed by atoms with Crippen molar-refractivity contribution in [2.24, 2.45) is 0 Å². The number of hydrogen-bond donors (Lipinski definition) is 4. The Kier molecular flexibility index (Phi) is 32.9. The van der Waals surface area contributed by atoms with E-state index in [4.69, 9.17) is 20.4 Å². The minimum Gasteiger partial charge on any atom is -0.368 e. The first-order chi connectivity index (χ1) is 26.0. The van der Waals surface area contributed by atoms with Gasteiger partial charge in [-0.2, -0.15) is 37.1 Å². The predicted molar refractivity (Wildman–Crippen MR) is 242 cm³/mol. The molecule has 0 heterocycles. The average Bonchev–Trinajstić information content (AvgIpc) is 3.16. The molecule has 0 saturated heterocycles. The molecule has 6 aromatic rings. The molecule has 0 radical (unpaired) electrons. The minimum atomic E-state index is -1.17. The van der Waals surface area contributed by atoms with E-state index < -0.39 is 28.4 Å². The van der Waals surface area contributed by atoms with Gasteiger partial charge in [0, 0.05) is 51.5 Å². The third-order valence-electron chi connectivity index (χ3n) is 6.82. The SMILES string of the molecule is C=CC.C=CC.CC(O)O.CC(O)O.[CH2-]c1ccccc1[PH+](c1ccccc1)c1ccccc1.[CH2-]c1ccccc1[PH+](c1ccccc1)c1ccccc1.[Pd].[Pd]. The largest absolute Gasteiger partial charge is 0.368 e. The molecule has 0 bridgehead atoms. The van der Waals surface area contributed by atoms with Crippen molar-refractivity contribution in [3.05, 3.63) is 220 Å². The maximum absolute atomic E-state index is 7.61. The molecule has 0 atom stereocenters. The van der Waals surface area contributed by atoms with Crippen LogP contribution in [0.15, 0.2) is 195 Å². The van der Waals surface area contributed by atoms with Crippen LogP contribution < -0.4 is 31.8 Å². The molecule has 0 saturated carbocycles. The van der Waals surface area contributed by atoms with Crippen LogP contribution in [0.3, 0.4) is 0 Å². The van der Waals surface area contributed by atoms with Gasteiger partial charge in [-0.1, -0.05) is 109 Å². The van der Waals surface area contributed by atoms with Gasteiger partial charge in [0.15, 0.2) is 0 Å². The van der Waals surface area contributed by atoms with Crippen molar-refractivity contribution in [3.63, 3.8) is 0 Å². The number of aliphatic hydroxyl groups excluding tert-OH is 2. The molecular weight excluding hydrogens is 915 g/mol. The molecule has 304 valence electrons. The summed E-state index contributed by atoms with van der Waals surface area (Å²) in [5, 5.41) is 38.8. The molecule has 0 amide bonds. The molecule has 0 aliphatic heterocycles. The first-order valence-electron chi connectivity index (χ1n) is 17.7. The van der Waals surface area contributed by atoms with E-state index >= 15 is 0 Å². The Morgan fingerprint density at radius 2 is 0.571 bits per heavy atom. The third kappa shape index (κ3) is 22.3. The number of aliphatic hydroxyl groups is 4. The Hall–Kier alpha value is -3.44. The van der Waals surface area contributed by atoms with E-state index in [1.807, 2.05) is 13.8 Å². The van der Waals surface area contributed by atoms with Crippen molar-refractivity contribution >= 4 is 47.7 Å². The fraction of sp³-hybridized carbons (Fsp3) is 0.125. The first kappa shape index (κ1) is 54.7. The monoisotopic (exact) mass is 972 g/mol. The predicted octanol–water partition coefficient (Wildman–Crippen LogP) is 7.73. The van der Waals surface area contributed by atoms with Gasteiger partial charge in [0.05, 0.1) is 37.1 Å². The van der Waals surface area contributed by atoms with Gasteiger partial charge in [-0.25, -0.2) is 0 Å². The Bertz CT molecular complexity index is 1610. The van der Waals surface area contributed by atoms with Crippen LogP contribution in [0.2, 0.25) is 0 Å². The van der Waals surface area contributed by atoms with Gasteiger partial charge in [-0.15, -0.1) is 25.3 Å². The van der Waals surface area contributed by atoms with Gasteiger partial charge < -0.3 is 20.4 Å². The number of allylic oxidation sites excluding steroid dienone is 2. The fourth-order valence-corrected chi connectivity index (χ4v) is 10.3. The molecule has 0 aliphatic carbocycles. The van der Waals surface area contributed by atoms with Crippen molar-refractivity contribution in [1.29, 1.82) is 0 Å². The molecule has 4 N–H and O–H groups in total. The van der Waals surface area contributed by atoms with Crippen molar-refractivity contribution < 1.29 is 61.3 Å². The second-order valence-corrected chi connectivity index (χ2v) is 16.5. The molecular formula is C48H58O4P2Pd2. The van der Waals surface area contributed by atoms with Gasteiger partial charge in [-0.05, 0) is 76.2 Å². The number of hydrogen-bond acceptors (Lipinski definition) is 4. The molecule has 4 nitrogen and oxygen atoms in total. The number of benzene rings is 6. The quantitative estimate of drug-likeness (QED) is 0.0454. The zero-order chi connectivity index (χ0) is 40.1. The number of rotatable bonds is 6. The summed E-state index contributed by atoms with van der Waals surface area (Å²) < 4.78 is 0. The molecule has 6 aromatic carbocycles. The molecule has 0 aliphatic rings. The maximum Gasteiger partial charge on any atom is 0.148 e. The zero-order valence-corrected chi connectivity index (χ0v) is 37.8. The Labute approximate surface area is 366 Å². The summed E-state index contributed by atoms with van der Waals surface area (Å²) in [6.45, 7) is 21.5. The summed E-state index contributed by atoms with van der Waals surface area (Å²) in [7, 11) is -1.94. The van der Waals surface area contributed by atoms with E-state index in [0.717, 1.165) is 11.1 Å². The van der Waals surface area contributed by atoms with Crippen molar-refractivity contribution in [1.82, 2.24) is 0 Å². The Morgan fingerprint density at radius 3 is 0.750 bits per heavy atom. The van der Waals surface area contributed by atoms with Crippen LogP contribution in [0.5, 0.6) is 0 Å². The van der Waals surface area contributed by atoms with E-state index in [0.29, 0.717) is 0 Å². The van der Waals surface area contributed by atoms with Gasteiger partial charge in [0.2, 0.25) is 0 Å². The van der Waals surface area contributed by atoms with E-state index in [2.05, 4.69) is 197 Å². The van der Waals surface area contributed by atoms with Gasteiger partial charge in [0.1, 0.15) is 12.6 Å². The normalized spacial score (nSPS) is 9.36. The van der Waals surface area contributed by atoms with E-state index in [1.54, 1.807) is 12.2 Å². The van der Waals surface area contributed by atoms with Crippen LogP contribution in [0.4, 0.5) is 0 Å². The summed E-state index contributed by atoms with van der Waals surface area (Å²) in [6, 6.07) is 60.1. The van der Waals surface area contributed by atoms with E-state index in [9.17, 15) is 0 Å². The summed E-state index contributed by atoms with van der Waals surface area (Å²) in [6.07, 6.45) is 1.17. The van der Waals surface area contributed by atoms with E-state index in [1.165, 1.54) is 45.7 Å². The summed E-state index contributed by atoms with van der Waals surface area (Å²) in [4.78, 5) is 0. The van der Waals surface area contributed by atoms with Crippen molar-refractivity contribution in [3.8, 4) is 0 Å². The van der Waals surface area contributed by atoms with Crippen LogP contribution in [-0.4, -0.2) is 33.0 Å². The second-order valence-electron chi connectivity index (χ2n) is 11.6. The fourth-order valence-electron chi connectivity index (χ4n) is 4.90. The molecule has 6 rings (SSSR count). The second kappa shape index (κ2) is 33.7. The molecule has 0 fully saturated rings. The van der Waals surface area contributed by atoms with Crippen LogP contribution in [-0.2, 0) is 40.8 Å². The third-order valence-corrected chi connectivity index (χ3v) is 12.5.